The number of nitrogens with one attached hydrogen (secondary N) is 3. The van der Waals surface area contributed by atoms with Gasteiger partial charge in [-0.15, -0.1) is 0 Å². The van der Waals surface area contributed by atoms with E-state index in [0.717, 1.165) is 138 Å². The number of halogens is 4. The third-order valence-electron chi connectivity index (χ3n) is 14.9. The van der Waals surface area contributed by atoms with Crippen molar-refractivity contribution in [2.75, 3.05) is 53.6 Å². The van der Waals surface area contributed by atoms with Gasteiger partial charge in [0.2, 0.25) is 10.0 Å². The number of unbranched alkanes of at least 4 members (excludes halogenated alkanes) is 14. The van der Waals surface area contributed by atoms with Crippen LogP contribution in [0.1, 0.15) is 156 Å². The van der Waals surface area contributed by atoms with Gasteiger partial charge in [0, 0.05) is 63.7 Å². The van der Waals surface area contributed by atoms with Gasteiger partial charge in [-0.3, -0.25) is 4.79 Å². The summed E-state index contributed by atoms with van der Waals surface area (Å²) < 4.78 is 67.7. The summed E-state index contributed by atoms with van der Waals surface area (Å²) in [6.07, 6.45) is 17.7. The summed E-state index contributed by atoms with van der Waals surface area (Å²) >= 11 is 25.7. The number of benzene rings is 4. The van der Waals surface area contributed by atoms with E-state index >= 15 is 0 Å². The highest BCUT2D eigenvalue weighted by Crippen LogP contribution is 2.44. The Morgan fingerprint density at radius 1 is 0.513 bits per heavy atom. The first-order valence-corrected chi connectivity index (χ1v) is 32.6. The molecule has 78 heavy (non-hydrogen) atoms. The van der Waals surface area contributed by atoms with E-state index < -0.39 is 19.9 Å². The molecule has 4 aromatic carbocycles. The van der Waals surface area contributed by atoms with Crippen molar-refractivity contribution in [3.63, 3.8) is 0 Å². The van der Waals surface area contributed by atoms with Crippen LogP contribution < -0.4 is 24.8 Å². The van der Waals surface area contributed by atoms with Gasteiger partial charge < -0.3 is 29.9 Å². The number of sulfonamides is 1. The molecule has 0 unspecified atom stereocenters. The molecule has 0 heterocycles. The molecular weight excluding hydrogens is 1110 g/mol. The lowest BCUT2D eigenvalue weighted by molar-refractivity contribution is -0.119. The minimum atomic E-state index is -3.65. The van der Waals surface area contributed by atoms with E-state index in [-0.39, 0.29) is 41.0 Å². The van der Waals surface area contributed by atoms with Crippen molar-refractivity contribution >= 4 is 78.1 Å². The average Bonchev–Trinajstić information content (AvgIpc) is 4.13. The average molecular weight is 1190 g/mol. The molecule has 0 fully saturated rings. The Balaban J connectivity index is 0.694. The zero-order valence-corrected chi connectivity index (χ0v) is 50.6. The first-order valence-electron chi connectivity index (χ1n) is 27.9. The highest BCUT2D eigenvalue weighted by Gasteiger charge is 2.39. The van der Waals surface area contributed by atoms with Crippen LogP contribution in [0.4, 0.5) is 4.79 Å². The summed E-state index contributed by atoms with van der Waals surface area (Å²) in [6.45, 7) is 1.55. The van der Waals surface area contributed by atoms with E-state index in [4.69, 9.17) is 55.9 Å². The molecule has 4 atom stereocenters. The molecule has 430 valence electrons. The Kier molecular flexibility index (Phi) is 25.7. The first-order chi connectivity index (χ1) is 37.3. The minimum absolute atomic E-state index is 0.0511. The van der Waals surface area contributed by atoms with Crippen LogP contribution in [0.3, 0.4) is 0 Å². The number of fused-ring (bicyclic) bond motifs is 2. The maximum atomic E-state index is 13.1. The number of sulfone groups is 1. The van der Waals surface area contributed by atoms with Crippen molar-refractivity contribution in [3.8, 4) is 11.5 Å². The first kappa shape index (κ1) is 63.5. The van der Waals surface area contributed by atoms with Gasteiger partial charge >= 0.3 is 6.03 Å². The van der Waals surface area contributed by atoms with Gasteiger partial charge in [-0.1, -0.05) is 117 Å². The lowest BCUT2D eigenvalue weighted by atomic mass is 10.0. The number of rotatable bonds is 35. The van der Waals surface area contributed by atoms with Crippen molar-refractivity contribution < 1.29 is 35.9 Å². The van der Waals surface area contributed by atoms with Crippen LogP contribution in [0.2, 0.25) is 20.1 Å². The third kappa shape index (κ3) is 19.5. The van der Waals surface area contributed by atoms with Crippen molar-refractivity contribution in [1.29, 1.82) is 0 Å². The number of likely N-dealkylation sites (N-methyl/N-ethyl adjacent to an activating group) is 2. The number of Topliss-reactive ketones (excluding diaryl/α,β-unsaturated/α-hetero) is 1. The largest absolute Gasteiger partial charge is 0.484 e. The summed E-state index contributed by atoms with van der Waals surface area (Å²) in [5.41, 5.74) is 3.94. The molecule has 2 aliphatic rings. The standard InChI is InChI=1S/C59H81Cl4N5O8S2/c1-67(2)55-40-49-51(36-42(60)38-53(49)62)57(55)75-45-24-28-47(29-25-45)77(71,72)35-21-14-10-6-8-12-18-32-64-59(70)65-33-19-15-17-23-44(69)22-16-11-7-5-9-13-20-34-66-78(73,74)48-30-26-46(27-31-48)76-58-52-37-43(61)39-54(63)50(52)41-56(58)68(3)4/h24-31,36-39,55-58,66H,5-23,32-35,40-41H2,1-4H3,(H2,64,65,70)/t55-,56-,57-,58-/m0/s1. The van der Waals surface area contributed by atoms with E-state index in [2.05, 4.69) is 25.2 Å². The van der Waals surface area contributed by atoms with Crippen LogP contribution in [-0.2, 0) is 37.5 Å². The molecule has 0 spiro atoms. The Bertz CT molecular complexity index is 2600. The molecule has 0 saturated carbocycles. The fourth-order valence-electron chi connectivity index (χ4n) is 10.4. The molecule has 3 N–H and O–H groups in total. The topological polar surface area (TPSA) is 163 Å². The summed E-state index contributed by atoms with van der Waals surface area (Å²) in [4.78, 5) is 29.3. The Morgan fingerprint density at radius 3 is 1.35 bits per heavy atom. The van der Waals surface area contributed by atoms with Crippen LogP contribution >= 0.6 is 46.4 Å². The lowest BCUT2D eigenvalue weighted by Gasteiger charge is -2.27. The number of urea groups is 1. The fourth-order valence-corrected chi connectivity index (χ4v) is 14.0. The molecule has 0 aromatic heterocycles. The fraction of sp³-hybridized carbons (Fsp3) is 0.559. The Labute approximate surface area is 485 Å². The molecule has 6 rings (SSSR count). The van der Waals surface area contributed by atoms with Gasteiger partial charge in [0.25, 0.3) is 0 Å². The number of carbonyl (C=O) groups excluding carboxylic acids is 2. The normalized spacial score (nSPS) is 17.1. The van der Waals surface area contributed by atoms with E-state index in [1.54, 1.807) is 60.7 Å². The van der Waals surface area contributed by atoms with E-state index in [9.17, 15) is 26.4 Å². The molecule has 0 radical (unpaired) electrons. The van der Waals surface area contributed by atoms with Gasteiger partial charge in [-0.2, -0.15) is 0 Å². The molecular formula is C59H81Cl4N5O8S2. The predicted octanol–water partition coefficient (Wildman–Crippen LogP) is 13.5. The van der Waals surface area contributed by atoms with E-state index in [1.807, 2.05) is 40.3 Å². The number of carbonyl (C=O) groups is 2. The highest BCUT2D eigenvalue weighted by molar-refractivity contribution is 7.91. The molecule has 13 nitrogen and oxygen atoms in total. The number of ketones is 1. The molecule has 4 aromatic rings. The summed E-state index contributed by atoms with van der Waals surface area (Å²) in [5.74, 6) is 1.55. The molecule has 19 heteroatoms. The van der Waals surface area contributed by atoms with Gasteiger partial charge in [0.1, 0.15) is 29.5 Å². The summed E-state index contributed by atoms with van der Waals surface area (Å²) in [7, 11) is 0.926. The van der Waals surface area contributed by atoms with Crippen LogP contribution in [0.25, 0.3) is 0 Å². The quantitative estimate of drug-likeness (QED) is 0.0378. The second-order valence-electron chi connectivity index (χ2n) is 21.3. The minimum Gasteiger partial charge on any atom is -0.484 e. The van der Waals surface area contributed by atoms with E-state index in [0.29, 0.717) is 81.2 Å². The molecule has 2 amide bonds. The second kappa shape index (κ2) is 31.5. The number of ether oxygens (including phenoxy) is 2. The molecule has 0 bridgehead atoms. The van der Waals surface area contributed by atoms with Crippen LogP contribution in [0.15, 0.2) is 82.6 Å². The highest BCUT2D eigenvalue weighted by atomic mass is 35.5. The molecule has 0 aliphatic heterocycles. The number of amides is 2. The zero-order chi connectivity index (χ0) is 56.2. The second-order valence-corrected chi connectivity index (χ2v) is 26.9. The lowest BCUT2D eigenvalue weighted by Crippen LogP contribution is -2.36. The van der Waals surface area contributed by atoms with Crippen molar-refractivity contribution in [2.24, 2.45) is 0 Å². The molecule has 0 saturated heterocycles. The van der Waals surface area contributed by atoms with Crippen molar-refractivity contribution in [3.05, 3.63) is 115 Å². The van der Waals surface area contributed by atoms with Crippen LogP contribution in [0.5, 0.6) is 11.5 Å². The Morgan fingerprint density at radius 2 is 0.897 bits per heavy atom. The zero-order valence-electron chi connectivity index (χ0n) is 45.9. The van der Waals surface area contributed by atoms with E-state index in [1.165, 1.54) is 0 Å². The van der Waals surface area contributed by atoms with Crippen LogP contribution in [-0.4, -0.2) is 104 Å². The maximum Gasteiger partial charge on any atom is 0.314 e. The van der Waals surface area contributed by atoms with Crippen molar-refractivity contribution in [1.82, 2.24) is 25.2 Å². The smallest absolute Gasteiger partial charge is 0.314 e. The monoisotopic (exact) mass is 1190 g/mol. The predicted molar refractivity (Wildman–Crippen MR) is 316 cm³/mol. The Hall–Kier alpha value is -3.64. The number of nitrogens with zero attached hydrogens (tertiary/aromatic N) is 2. The van der Waals surface area contributed by atoms with Crippen LogP contribution in [0, 0.1) is 0 Å². The molecule has 2 aliphatic carbocycles. The van der Waals surface area contributed by atoms with Gasteiger partial charge in [-0.05, 0) is 163 Å². The SMILES string of the molecule is CN(C)[C@H]1Cc2c(Cl)cc(Cl)cc2[C@@H]1Oc1ccc(S(=O)(=O)CCCCCCCCCNC(=O)NCCCCCC(=O)CCCCCCCCCNS(=O)(=O)c2ccc(O[C@H]3c4cc(Cl)cc(Cl)c4C[C@@H]3N(C)C)cc2)cc1. The van der Waals surface area contributed by atoms with Crippen molar-refractivity contribution in [2.45, 2.75) is 169 Å². The number of hydrogen-bond donors (Lipinski definition) is 3. The maximum absolute atomic E-state index is 13.1. The van der Waals surface area contributed by atoms with Gasteiger partial charge in [-0.25, -0.2) is 26.4 Å². The van der Waals surface area contributed by atoms with Gasteiger partial charge in [0.15, 0.2) is 9.84 Å². The third-order valence-corrected chi connectivity index (χ3v) is 19.3. The summed E-state index contributed by atoms with van der Waals surface area (Å²) in [6, 6.07) is 20.4. The van der Waals surface area contributed by atoms with Gasteiger partial charge in [0.05, 0.1) is 27.6 Å². The number of hydrogen-bond acceptors (Lipinski definition) is 10. The summed E-state index contributed by atoms with van der Waals surface area (Å²) in [5, 5.41) is 8.19.